The molecule has 5 unspecified atom stereocenters. The Morgan fingerprint density at radius 2 is 2.09 bits per heavy atom. The number of rotatable bonds is 3. The molecule has 0 radical (unpaired) electrons. The molecule has 5 atom stereocenters. The van der Waals surface area contributed by atoms with Gasteiger partial charge in [-0.1, -0.05) is 31.2 Å². The third-order valence-electron chi connectivity index (χ3n) is 6.42. The third-order valence-corrected chi connectivity index (χ3v) is 6.42. The largest absolute Gasteiger partial charge is 0.386 e. The van der Waals surface area contributed by atoms with Gasteiger partial charge in [0.2, 0.25) is 0 Å². The lowest BCUT2D eigenvalue weighted by atomic mass is 9.50. The molecule has 0 bridgehead atoms. The van der Waals surface area contributed by atoms with Gasteiger partial charge >= 0.3 is 0 Å². The van der Waals surface area contributed by atoms with Crippen LogP contribution in [0.15, 0.2) is 24.3 Å². The van der Waals surface area contributed by atoms with Gasteiger partial charge in [0.25, 0.3) is 0 Å². The molecule has 1 saturated heterocycles. The van der Waals surface area contributed by atoms with E-state index in [4.69, 9.17) is 4.74 Å². The fourth-order valence-electron chi connectivity index (χ4n) is 4.77. The highest BCUT2D eigenvalue weighted by Crippen LogP contribution is 2.61. The molecule has 2 saturated carbocycles. The highest BCUT2D eigenvalue weighted by atomic mass is 16.6. The maximum Gasteiger partial charge on any atom is 0.0920 e. The number of epoxide rings is 1. The van der Waals surface area contributed by atoms with E-state index in [9.17, 15) is 5.11 Å². The average Bonchev–Trinajstić information content (AvgIpc) is 3.01. The number of allylic oxidation sites excluding steroid dienone is 2. The van der Waals surface area contributed by atoms with Gasteiger partial charge in [0.1, 0.15) is 0 Å². The SMILES string of the molecule is C=C1CCC2OC2(C)CCC2C1CC2(C)CC=CC(C)(C)O. The molecular formula is C20H32O2. The van der Waals surface area contributed by atoms with Crippen molar-refractivity contribution in [2.75, 3.05) is 0 Å². The monoisotopic (exact) mass is 304 g/mol. The van der Waals surface area contributed by atoms with Crippen molar-refractivity contribution in [3.63, 3.8) is 0 Å². The molecule has 22 heavy (non-hydrogen) atoms. The normalized spacial score (nSPS) is 45.3. The minimum Gasteiger partial charge on any atom is -0.386 e. The van der Waals surface area contributed by atoms with Gasteiger partial charge in [0.15, 0.2) is 0 Å². The second kappa shape index (κ2) is 5.21. The Bertz CT molecular complexity index is 486. The average molecular weight is 304 g/mol. The second-order valence-corrected chi connectivity index (χ2v) is 8.99. The van der Waals surface area contributed by atoms with Gasteiger partial charge in [-0.25, -0.2) is 0 Å². The van der Waals surface area contributed by atoms with Gasteiger partial charge in [0.05, 0.1) is 17.3 Å². The van der Waals surface area contributed by atoms with E-state index in [-0.39, 0.29) is 5.60 Å². The molecule has 2 heteroatoms. The number of hydrogen-bond donors (Lipinski definition) is 1. The van der Waals surface area contributed by atoms with Crippen LogP contribution in [0.4, 0.5) is 0 Å². The summed E-state index contributed by atoms with van der Waals surface area (Å²) in [5, 5.41) is 9.86. The first kappa shape index (κ1) is 16.3. The van der Waals surface area contributed by atoms with Gasteiger partial charge in [-0.05, 0) is 76.5 Å². The van der Waals surface area contributed by atoms with Crippen molar-refractivity contribution < 1.29 is 9.84 Å². The summed E-state index contributed by atoms with van der Waals surface area (Å²) in [5.74, 6) is 1.44. The number of hydrogen-bond acceptors (Lipinski definition) is 2. The predicted molar refractivity (Wildman–Crippen MR) is 90.6 cm³/mol. The number of fused-ring (bicyclic) bond motifs is 2. The summed E-state index contributed by atoms with van der Waals surface area (Å²) in [4.78, 5) is 0. The summed E-state index contributed by atoms with van der Waals surface area (Å²) >= 11 is 0. The minimum atomic E-state index is -0.704. The third kappa shape index (κ3) is 3.05. The smallest absolute Gasteiger partial charge is 0.0920 e. The first-order valence-electron chi connectivity index (χ1n) is 8.89. The molecular weight excluding hydrogens is 272 g/mol. The van der Waals surface area contributed by atoms with Crippen LogP contribution < -0.4 is 0 Å². The zero-order valence-electron chi connectivity index (χ0n) is 14.7. The first-order valence-corrected chi connectivity index (χ1v) is 8.89. The van der Waals surface area contributed by atoms with E-state index >= 15 is 0 Å². The van der Waals surface area contributed by atoms with Crippen molar-refractivity contribution in [2.45, 2.75) is 83.5 Å². The number of ether oxygens (including phenoxy) is 1. The van der Waals surface area contributed by atoms with Crippen LogP contribution in [-0.2, 0) is 4.74 Å². The Morgan fingerprint density at radius 1 is 1.36 bits per heavy atom. The van der Waals surface area contributed by atoms with Gasteiger partial charge < -0.3 is 9.84 Å². The number of aliphatic hydroxyl groups is 1. The van der Waals surface area contributed by atoms with E-state index in [0.29, 0.717) is 17.4 Å². The molecule has 0 amide bonds. The van der Waals surface area contributed by atoms with Crippen molar-refractivity contribution in [1.82, 2.24) is 0 Å². The van der Waals surface area contributed by atoms with Crippen molar-refractivity contribution in [1.29, 1.82) is 0 Å². The Kier molecular flexibility index (Phi) is 3.85. The van der Waals surface area contributed by atoms with Crippen LogP contribution >= 0.6 is 0 Å². The maximum atomic E-state index is 9.86. The fraction of sp³-hybridized carbons (Fsp3) is 0.800. The van der Waals surface area contributed by atoms with Crippen LogP contribution in [0.5, 0.6) is 0 Å². The summed E-state index contributed by atoms with van der Waals surface area (Å²) in [6, 6.07) is 0. The van der Waals surface area contributed by atoms with Crippen molar-refractivity contribution >= 4 is 0 Å². The lowest BCUT2D eigenvalue weighted by molar-refractivity contribution is -0.0167. The van der Waals surface area contributed by atoms with Crippen molar-refractivity contribution in [2.24, 2.45) is 17.3 Å². The van der Waals surface area contributed by atoms with Crippen LogP contribution in [0.25, 0.3) is 0 Å². The molecule has 0 aromatic heterocycles. The molecule has 3 fully saturated rings. The van der Waals surface area contributed by atoms with E-state index in [0.717, 1.165) is 25.2 Å². The fourth-order valence-corrected chi connectivity index (χ4v) is 4.77. The van der Waals surface area contributed by atoms with E-state index < -0.39 is 5.60 Å². The van der Waals surface area contributed by atoms with Crippen LogP contribution in [0, 0.1) is 17.3 Å². The van der Waals surface area contributed by atoms with Crippen LogP contribution in [-0.4, -0.2) is 22.4 Å². The van der Waals surface area contributed by atoms with E-state index in [2.05, 4.69) is 26.5 Å². The molecule has 2 nitrogen and oxygen atoms in total. The van der Waals surface area contributed by atoms with Crippen LogP contribution in [0.3, 0.4) is 0 Å². The van der Waals surface area contributed by atoms with Gasteiger partial charge in [0, 0.05) is 0 Å². The molecule has 1 N–H and O–H groups in total. The summed E-state index contributed by atoms with van der Waals surface area (Å²) < 4.78 is 5.94. The minimum absolute atomic E-state index is 0.147. The second-order valence-electron chi connectivity index (χ2n) is 8.99. The molecule has 0 spiro atoms. The van der Waals surface area contributed by atoms with E-state index in [1.807, 2.05) is 19.9 Å². The Balaban J connectivity index is 1.68. The maximum absolute atomic E-state index is 9.86. The Hall–Kier alpha value is -0.600. The molecule has 0 aromatic carbocycles. The van der Waals surface area contributed by atoms with Crippen LogP contribution in [0.1, 0.15) is 66.2 Å². The molecule has 2 aliphatic carbocycles. The summed E-state index contributed by atoms with van der Waals surface area (Å²) in [6.45, 7) is 12.8. The van der Waals surface area contributed by atoms with Crippen LogP contribution in [0.2, 0.25) is 0 Å². The van der Waals surface area contributed by atoms with E-state index in [1.54, 1.807) is 0 Å². The highest BCUT2D eigenvalue weighted by Gasteiger charge is 2.56. The molecule has 3 aliphatic rings. The molecule has 1 heterocycles. The lowest BCUT2D eigenvalue weighted by Crippen LogP contribution is -2.46. The highest BCUT2D eigenvalue weighted by molar-refractivity contribution is 5.18. The standard InChI is InChI=1S/C20H32O2/c1-14-7-8-17-20(5,22-17)12-9-16-15(14)13-19(16,4)11-6-10-18(2,3)21/h6,10,15-17,21H,1,7-9,11-13H2,2-5H3. The molecule has 1 aliphatic heterocycles. The van der Waals surface area contributed by atoms with Gasteiger partial charge in [-0.3, -0.25) is 0 Å². The Labute approximate surface area is 135 Å². The topological polar surface area (TPSA) is 32.8 Å². The molecule has 124 valence electrons. The predicted octanol–water partition coefficient (Wildman–Crippen LogP) is 4.63. The zero-order chi connectivity index (χ0) is 16.2. The zero-order valence-corrected chi connectivity index (χ0v) is 14.7. The van der Waals surface area contributed by atoms with Crippen molar-refractivity contribution in [3.8, 4) is 0 Å². The summed E-state index contributed by atoms with van der Waals surface area (Å²) in [7, 11) is 0. The van der Waals surface area contributed by atoms with Gasteiger partial charge in [-0.2, -0.15) is 0 Å². The Morgan fingerprint density at radius 3 is 2.77 bits per heavy atom. The van der Waals surface area contributed by atoms with Gasteiger partial charge in [-0.15, -0.1) is 0 Å². The lowest BCUT2D eigenvalue weighted by Gasteiger charge is -2.55. The molecule has 0 aromatic rings. The molecule has 3 rings (SSSR count). The summed E-state index contributed by atoms with van der Waals surface area (Å²) in [6.07, 6.45) is 11.7. The van der Waals surface area contributed by atoms with E-state index in [1.165, 1.54) is 24.8 Å². The first-order chi connectivity index (χ1) is 10.1. The van der Waals surface area contributed by atoms with Crippen molar-refractivity contribution in [3.05, 3.63) is 24.3 Å². The quantitative estimate of drug-likeness (QED) is 0.609. The summed E-state index contributed by atoms with van der Waals surface area (Å²) in [5.41, 5.74) is 1.26.